The van der Waals surface area contributed by atoms with Crippen molar-refractivity contribution in [3.63, 3.8) is 0 Å². The molecule has 2 saturated heterocycles. The van der Waals surface area contributed by atoms with Crippen molar-refractivity contribution in [1.29, 1.82) is 0 Å². The van der Waals surface area contributed by atoms with Crippen molar-refractivity contribution in [2.75, 3.05) is 50.0 Å². The van der Waals surface area contributed by atoms with Gasteiger partial charge in [-0.25, -0.2) is 19.9 Å². The highest BCUT2D eigenvalue weighted by Crippen LogP contribution is 2.30. The summed E-state index contributed by atoms with van der Waals surface area (Å²) in [5.74, 6) is 2.40. The first-order chi connectivity index (χ1) is 18.9. The summed E-state index contributed by atoms with van der Waals surface area (Å²) < 4.78 is 0. The van der Waals surface area contributed by atoms with E-state index in [1.165, 1.54) is 6.42 Å². The van der Waals surface area contributed by atoms with Crippen LogP contribution < -0.4 is 10.2 Å². The Labute approximate surface area is 229 Å². The largest absolute Gasteiger partial charge is 0.387 e. The van der Waals surface area contributed by atoms with Crippen LogP contribution in [-0.2, 0) is 17.8 Å². The highest BCUT2D eigenvalue weighted by atomic mass is 16.3. The normalized spacial score (nSPS) is 19.7. The molecule has 0 saturated carbocycles. The van der Waals surface area contributed by atoms with Crippen LogP contribution in [-0.4, -0.2) is 80.5 Å². The van der Waals surface area contributed by atoms with Crippen LogP contribution in [0.25, 0.3) is 10.9 Å². The number of pyridine rings is 2. The van der Waals surface area contributed by atoms with Gasteiger partial charge in [0.15, 0.2) is 5.82 Å². The molecule has 6 heterocycles. The van der Waals surface area contributed by atoms with Gasteiger partial charge in [-0.2, -0.15) is 0 Å². The third-order valence-electron chi connectivity index (χ3n) is 8.32. The van der Waals surface area contributed by atoms with Crippen molar-refractivity contribution in [3.05, 3.63) is 41.3 Å². The van der Waals surface area contributed by atoms with Crippen LogP contribution in [0.2, 0.25) is 0 Å². The molecule has 10 nitrogen and oxygen atoms in total. The summed E-state index contributed by atoms with van der Waals surface area (Å²) >= 11 is 0. The van der Waals surface area contributed by atoms with Gasteiger partial charge in [-0.3, -0.25) is 4.79 Å². The molecule has 3 aliphatic rings. The summed E-state index contributed by atoms with van der Waals surface area (Å²) in [5, 5.41) is 14.4. The Hall–Kier alpha value is -3.37. The van der Waals surface area contributed by atoms with E-state index in [1.54, 1.807) is 13.1 Å². The fraction of sp³-hybridized carbons (Fsp3) is 0.552. The number of carbonyl (C=O) groups excluding carboxylic acids is 1. The number of rotatable bonds is 5. The number of nitrogens with one attached hydrogen (secondary N) is 1. The van der Waals surface area contributed by atoms with Crippen molar-refractivity contribution >= 4 is 34.4 Å². The van der Waals surface area contributed by atoms with Gasteiger partial charge in [0.05, 0.1) is 11.8 Å². The molecule has 2 N–H and O–H groups in total. The number of hydrogen-bond donors (Lipinski definition) is 2. The molecule has 0 spiro atoms. The number of piperidine rings is 2. The Kier molecular flexibility index (Phi) is 7.31. The van der Waals surface area contributed by atoms with Gasteiger partial charge in [-0.15, -0.1) is 0 Å². The van der Waals surface area contributed by atoms with E-state index >= 15 is 0 Å². The number of fused-ring (bicyclic) bond motifs is 2. The highest BCUT2D eigenvalue weighted by molar-refractivity contribution is 5.89. The third kappa shape index (κ3) is 5.53. The van der Waals surface area contributed by atoms with Gasteiger partial charge in [-0.1, -0.05) is 6.07 Å². The molecular formula is C29H38N8O2. The minimum absolute atomic E-state index is 0.141. The Balaban J connectivity index is 1.20. The molecule has 0 bridgehead atoms. The summed E-state index contributed by atoms with van der Waals surface area (Å²) in [6.07, 6.45) is 7.23. The molecule has 0 aromatic carbocycles. The van der Waals surface area contributed by atoms with Gasteiger partial charge < -0.3 is 25.1 Å². The molecule has 2 fully saturated rings. The maximum Gasteiger partial charge on any atom is 0.229 e. The van der Waals surface area contributed by atoms with E-state index in [-0.39, 0.29) is 11.8 Å². The minimum Gasteiger partial charge on any atom is -0.387 e. The minimum atomic E-state index is -0.661. The quantitative estimate of drug-likeness (QED) is 0.513. The van der Waals surface area contributed by atoms with E-state index in [0.29, 0.717) is 30.5 Å². The van der Waals surface area contributed by atoms with Crippen molar-refractivity contribution in [3.8, 4) is 0 Å². The predicted molar refractivity (Wildman–Crippen MR) is 151 cm³/mol. The van der Waals surface area contributed by atoms with Crippen LogP contribution in [0.3, 0.4) is 0 Å². The number of aliphatic hydroxyl groups is 1. The molecule has 0 radical (unpaired) electrons. The lowest BCUT2D eigenvalue weighted by molar-refractivity contribution is -0.138. The van der Waals surface area contributed by atoms with Gasteiger partial charge in [0, 0.05) is 55.8 Å². The number of aromatic nitrogens is 4. The predicted octanol–water partition coefficient (Wildman–Crippen LogP) is 3.43. The van der Waals surface area contributed by atoms with Crippen LogP contribution in [0.15, 0.2) is 24.4 Å². The fourth-order valence-corrected chi connectivity index (χ4v) is 5.95. The second kappa shape index (κ2) is 11.0. The number of likely N-dealkylation sites (tertiary alicyclic amines) is 1. The van der Waals surface area contributed by atoms with Gasteiger partial charge in [-0.05, 0) is 76.9 Å². The van der Waals surface area contributed by atoms with Crippen LogP contribution >= 0.6 is 0 Å². The first-order valence-electron chi connectivity index (χ1n) is 14.3. The van der Waals surface area contributed by atoms with Crippen LogP contribution in [0, 0.1) is 5.92 Å². The van der Waals surface area contributed by atoms with E-state index in [1.807, 2.05) is 17.0 Å². The molecule has 0 unspecified atom stereocenters. The molecule has 39 heavy (non-hydrogen) atoms. The zero-order valence-electron chi connectivity index (χ0n) is 22.9. The monoisotopic (exact) mass is 530 g/mol. The summed E-state index contributed by atoms with van der Waals surface area (Å²) in [6, 6.07) is 5.87. The second-order valence-electron chi connectivity index (χ2n) is 11.2. The molecule has 10 heteroatoms. The van der Waals surface area contributed by atoms with Crippen molar-refractivity contribution < 1.29 is 9.90 Å². The molecule has 3 aromatic heterocycles. The lowest BCUT2D eigenvalue weighted by Crippen LogP contribution is -2.43. The Morgan fingerprint density at radius 3 is 2.62 bits per heavy atom. The molecule has 1 atom stereocenters. The second-order valence-corrected chi connectivity index (χ2v) is 11.2. The summed E-state index contributed by atoms with van der Waals surface area (Å²) in [7, 11) is 2.12. The first kappa shape index (κ1) is 25.9. The molecule has 1 amide bonds. The number of anilines is 3. The third-order valence-corrected chi connectivity index (χ3v) is 8.32. The number of amides is 1. The standard InChI is InChI=1S/C29H38N8O2/c1-19(38)24-16-22-17-30-29(34-26(22)27(32-24)36-11-4-3-5-12-36)33-25-7-6-21-18-37(15-10-23(21)31-25)28(39)20-8-13-35(2)14-9-20/h6-7,16-17,19-20,38H,3-5,8-15,18H2,1-2H3,(H,30,31,33,34)/t19-/m1/s1. The fourth-order valence-electron chi connectivity index (χ4n) is 5.95. The lowest BCUT2D eigenvalue weighted by Gasteiger charge is -2.34. The average Bonchev–Trinajstić information content (AvgIpc) is 2.96. The van der Waals surface area contributed by atoms with Gasteiger partial charge >= 0.3 is 0 Å². The molecule has 6 rings (SSSR count). The molecule has 206 valence electrons. The number of aliphatic hydroxyl groups excluding tert-OH is 1. The maximum atomic E-state index is 13.1. The molecule has 0 aliphatic carbocycles. The topological polar surface area (TPSA) is 111 Å². The molecule has 3 aliphatic heterocycles. The maximum absolute atomic E-state index is 13.1. The summed E-state index contributed by atoms with van der Waals surface area (Å²) in [5.41, 5.74) is 3.53. The Morgan fingerprint density at radius 1 is 1.05 bits per heavy atom. The number of carbonyl (C=O) groups is 1. The Morgan fingerprint density at radius 2 is 1.85 bits per heavy atom. The van der Waals surface area contributed by atoms with E-state index < -0.39 is 6.10 Å². The van der Waals surface area contributed by atoms with E-state index in [0.717, 1.165) is 86.3 Å². The summed E-state index contributed by atoms with van der Waals surface area (Å²) in [6.45, 7) is 6.91. The van der Waals surface area contributed by atoms with Gasteiger partial charge in [0.25, 0.3) is 0 Å². The number of hydrogen-bond acceptors (Lipinski definition) is 9. The lowest BCUT2D eigenvalue weighted by atomic mass is 9.94. The van der Waals surface area contributed by atoms with Crippen LogP contribution in [0.4, 0.5) is 17.6 Å². The van der Waals surface area contributed by atoms with E-state index in [9.17, 15) is 9.90 Å². The smallest absolute Gasteiger partial charge is 0.229 e. The number of nitrogens with zero attached hydrogens (tertiary/aromatic N) is 7. The van der Waals surface area contributed by atoms with Crippen LogP contribution in [0.5, 0.6) is 0 Å². The molecule has 3 aromatic rings. The van der Waals surface area contributed by atoms with Gasteiger partial charge in [0.1, 0.15) is 11.3 Å². The molecular weight excluding hydrogens is 492 g/mol. The van der Waals surface area contributed by atoms with E-state index in [4.69, 9.17) is 15.0 Å². The highest BCUT2D eigenvalue weighted by Gasteiger charge is 2.30. The summed E-state index contributed by atoms with van der Waals surface area (Å²) in [4.78, 5) is 38.7. The zero-order chi connectivity index (χ0) is 26.9. The Bertz CT molecular complexity index is 1350. The van der Waals surface area contributed by atoms with Crippen LogP contribution in [0.1, 0.15) is 62.1 Å². The van der Waals surface area contributed by atoms with E-state index in [2.05, 4.69) is 33.2 Å². The van der Waals surface area contributed by atoms with Crippen molar-refractivity contribution in [1.82, 2.24) is 29.7 Å². The van der Waals surface area contributed by atoms with Crippen molar-refractivity contribution in [2.24, 2.45) is 5.92 Å². The van der Waals surface area contributed by atoms with Crippen molar-refractivity contribution in [2.45, 2.75) is 58.1 Å². The average molecular weight is 531 g/mol. The first-order valence-corrected chi connectivity index (χ1v) is 14.3. The zero-order valence-corrected chi connectivity index (χ0v) is 22.9. The van der Waals surface area contributed by atoms with Gasteiger partial charge in [0.2, 0.25) is 11.9 Å². The SMILES string of the molecule is C[C@@H](O)c1cc2cnc(Nc3ccc4c(n3)CCN(C(=O)C3CCN(C)CC3)C4)nc2c(N2CCCCC2)n1.